The molecular formula is C14H15N3O4S2. The van der Waals surface area contributed by atoms with Gasteiger partial charge in [-0.05, 0) is 30.4 Å². The van der Waals surface area contributed by atoms with Crippen molar-refractivity contribution in [2.24, 2.45) is 0 Å². The van der Waals surface area contributed by atoms with E-state index in [1.807, 2.05) is 6.07 Å². The zero-order valence-electron chi connectivity index (χ0n) is 12.4. The maximum atomic E-state index is 12.4. The molecule has 3 rings (SSSR count). The van der Waals surface area contributed by atoms with Crippen molar-refractivity contribution in [1.29, 1.82) is 0 Å². The minimum Gasteiger partial charge on any atom is -0.465 e. The van der Waals surface area contributed by atoms with Gasteiger partial charge in [-0.3, -0.25) is 0 Å². The molecule has 7 nitrogen and oxygen atoms in total. The summed E-state index contributed by atoms with van der Waals surface area (Å²) in [5.74, 6) is -0.199. The minimum absolute atomic E-state index is 0.0427. The number of carbonyl (C=O) groups excluding carboxylic acids is 1. The van der Waals surface area contributed by atoms with Gasteiger partial charge < -0.3 is 4.74 Å². The fourth-order valence-corrected chi connectivity index (χ4v) is 4.44. The minimum atomic E-state index is -3.82. The Labute approximate surface area is 137 Å². The van der Waals surface area contributed by atoms with E-state index in [1.165, 1.54) is 24.9 Å². The molecule has 0 unspecified atom stereocenters. The van der Waals surface area contributed by atoms with E-state index >= 15 is 0 Å². The Morgan fingerprint density at radius 2 is 2.22 bits per heavy atom. The van der Waals surface area contributed by atoms with Crippen molar-refractivity contribution < 1.29 is 17.9 Å². The van der Waals surface area contributed by atoms with Crippen LogP contribution in [0.5, 0.6) is 0 Å². The third kappa shape index (κ3) is 3.57. The lowest BCUT2D eigenvalue weighted by atomic mass is 10.2. The van der Waals surface area contributed by atoms with Gasteiger partial charge in [0.2, 0.25) is 10.0 Å². The highest BCUT2D eigenvalue weighted by atomic mass is 32.2. The van der Waals surface area contributed by atoms with Crippen LogP contribution in [0.1, 0.15) is 39.8 Å². The van der Waals surface area contributed by atoms with Crippen LogP contribution in [-0.2, 0) is 21.3 Å². The molecule has 0 aromatic carbocycles. The van der Waals surface area contributed by atoms with Crippen LogP contribution in [0.3, 0.4) is 0 Å². The summed E-state index contributed by atoms with van der Waals surface area (Å²) in [6.07, 6.45) is 3.67. The van der Waals surface area contributed by atoms with E-state index < -0.39 is 16.0 Å². The number of carbonyl (C=O) groups is 1. The Morgan fingerprint density at radius 3 is 2.91 bits per heavy atom. The molecule has 122 valence electrons. The van der Waals surface area contributed by atoms with Gasteiger partial charge in [-0.15, -0.1) is 11.3 Å². The van der Waals surface area contributed by atoms with E-state index in [4.69, 9.17) is 0 Å². The fourth-order valence-electron chi connectivity index (χ4n) is 2.11. The smallest absolute Gasteiger partial charge is 0.349 e. The van der Waals surface area contributed by atoms with Crippen molar-refractivity contribution in [3.63, 3.8) is 0 Å². The number of nitrogens with one attached hydrogen (secondary N) is 1. The van der Waals surface area contributed by atoms with Gasteiger partial charge in [0, 0.05) is 11.6 Å². The van der Waals surface area contributed by atoms with E-state index in [2.05, 4.69) is 19.4 Å². The second-order valence-electron chi connectivity index (χ2n) is 5.14. The molecule has 1 fully saturated rings. The zero-order valence-corrected chi connectivity index (χ0v) is 14.0. The summed E-state index contributed by atoms with van der Waals surface area (Å²) in [7, 11) is -2.60. The lowest BCUT2D eigenvalue weighted by Crippen LogP contribution is -2.25. The van der Waals surface area contributed by atoms with Crippen LogP contribution in [0.2, 0.25) is 0 Å². The second-order valence-corrected chi connectivity index (χ2v) is 7.79. The summed E-state index contributed by atoms with van der Waals surface area (Å²) in [5.41, 5.74) is 1.54. The fraction of sp³-hybridized carbons (Fsp3) is 0.357. The number of thiophene rings is 1. The van der Waals surface area contributed by atoms with Gasteiger partial charge in [-0.25, -0.2) is 27.9 Å². The average molecular weight is 353 g/mol. The van der Waals surface area contributed by atoms with Gasteiger partial charge in [-0.1, -0.05) is 0 Å². The Balaban J connectivity index is 1.75. The van der Waals surface area contributed by atoms with Gasteiger partial charge in [0.1, 0.15) is 16.1 Å². The standard InChI is InChI=1S/C14H15N3O4S2/c1-21-14(18)13-12(4-5-22-13)23(19,20)17-7-10-6-11(9-2-3-9)16-8-15-10/h4-6,8-9,17H,2-3,7H2,1H3. The van der Waals surface area contributed by atoms with Gasteiger partial charge in [-0.2, -0.15) is 0 Å². The van der Waals surface area contributed by atoms with E-state index in [-0.39, 0.29) is 16.3 Å². The SMILES string of the molecule is COC(=O)c1sccc1S(=O)(=O)NCc1cc(C2CC2)ncn1. The molecule has 2 aromatic heterocycles. The first-order valence-electron chi connectivity index (χ1n) is 6.97. The molecule has 9 heteroatoms. The molecule has 0 bridgehead atoms. The van der Waals surface area contributed by atoms with Crippen LogP contribution in [0.25, 0.3) is 0 Å². The van der Waals surface area contributed by atoms with Crippen molar-refractivity contribution in [3.05, 3.63) is 40.1 Å². The number of hydrogen-bond donors (Lipinski definition) is 1. The second kappa shape index (κ2) is 6.34. The number of ether oxygens (including phenoxy) is 1. The molecule has 0 atom stereocenters. The summed E-state index contributed by atoms with van der Waals surface area (Å²) in [6, 6.07) is 3.20. The van der Waals surface area contributed by atoms with Crippen molar-refractivity contribution in [3.8, 4) is 0 Å². The summed E-state index contributed by atoms with van der Waals surface area (Å²) < 4.78 is 31.8. The predicted octanol–water partition coefficient (Wildman–Crippen LogP) is 1.68. The third-order valence-corrected chi connectivity index (χ3v) is 5.94. The van der Waals surface area contributed by atoms with Crippen LogP contribution in [-0.4, -0.2) is 31.5 Å². The van der Waals surface area contributed by atoms with Crippen LogP contribution >= 0.6 is 11.3 Å². The molecule has 0 aliphatic heterocycles. The molecule has 0 saturated heterocycles. The quantitative estimate of drug-likeness (QED) is 0.794. The Morgan fingerprint density at radius 1 is 1.43 bits per heavy atom. The Hall–Kier alpha value is -1.84. The molecule has 0 radical (unpaired) electrons. The van der Waals surface area contributed by atoms with Crippen LogP contribution < -0.4 is 4.72 Å². The number of sulfonamides is 1. The van der Waals surface area contributed by atoms with E-state index in [1.54, 1.807) is 0 Å². The zero-order chi connectivity index (χ0) is 16.4. The van der Waals surface area contributed by atoms with Crippen molar-refractivity contribution in [1.82, 2.24) is 14.7 Å². The molecule has 1 aliphatic carbocycles. The van der Waals surface area contributed by atoms with E-state index in [0.717, 1.165) is 29.9 Å². The highest BCUT2D eigenvalue weighted by Crippen LogP contribution is 2.38. The van der Waals surface area contributed by atoms with Crippen LogP contribution in [0, 0.1) is 0 Å². The topological polar surface area (TPSA) is 98.2 Å². The van der Waals surface area contributed by atoms with Gasteiger partial charge in [0.15, 0.2) is 0 Å². The number of esters is 1. The molecule has 0 spiro atoms. The molecule has 1 aliphatic rings. The van der Waals surface area contributed by atoms with E-state index in [0.29, 0.717) is 11.6 Å². The molecular weight excluding hydrogens is 338 g/mol. The van der Waals surface area contributed by atoms with Crippen molar-refractivity contribution in [2.45, 2.75) is 30.2 Å². The molecule has 23 heavy (non-hydrogen) atoms. The number of hydrogen-bond acceptors (Lipinski definition) is 7. The average Bonchev–Trinajstić information content (AvgIpc) is 3.28. The van der Waals surface area contributed by atoms with Crippen LogP contribution in [0.4, 0.5) is 0 Å². The Kier molecular flexibility index (Phi) is 4.42. The highest BCUT2D eigenvalue weighted by molar-refractivity contribution is 7.89. The first-order chi connectivity index (χ1) is 11.0. The molecule has 2 aromatic rings. The number of methoxy groups -OCH3 is 1. The molecule has 1 N–H and O–H groups in total. The maximum absolute atomic E-state index is 12.4. The number of rotatable bonds is 6. The third-order valence-electron chi connectivity index (χ3n) is 3.47. The summed E-state index contributed by atoms with van der Waals surface area (Å²) in [4.78, 5) is 19.9. The monoisotopic (exact) mass is 353 g/mol. The largest absolute Gasteiger partial charge is 0.465 e. The number of aromatic nitrogens is 2. The first kappa shape index (κ1) is 16.0. The van der Waals surface area contributed by atoms with Crippen LogP contribution in [0.15, 0.2) is 28.7 Å². The molecule has 1 saturated carbocycles. The highest BCUT2D eigenvalue weighted by Gasteiger charge is 2.26. The lowest BCUT2D eigenvalue weighted by molar-refractivity contribution is 0.0602. The number of nitrogens with zero attached hydrogens (tertiary/aromatic N) is 2. The van der Waals surface area contributed by atoms with Crippen molar-refractivity contribution in [2.75, 3.05) is 7.11 Å². The van der Waals surface area contributed by atoms with Gasteiger partial charge >= 0.3 is 5.97 Å². The normalized spacial score (nSPS) is 14.7. The summed E-state index contributed by atoms with van der Waals surface area (Å²) >= 11 is 1.03. The summed E-state index contributed by atoms with van der Waals surface area (Å²) in [6.45, 7) is 0.0427. The van der Waals surface area contributed by atoms with E-state index in [9.17, 15) is 13.2 Å². The Bertz CT molecular complexity index is 828. The summed E-state index contributed by atoms with van der Waals surface area (Å²) in [5, 5.41) is 1.54. The van der Waals surface area contributed by atoms with Crippen molar-refractivity contribution >= 4 is 27.3 Å². The lowest BCUT2D eigenvalue weighted by Gasteiger charge is -2.07. The molecule has 0 amide bonds. The predicted molar refractivity (Wildman–Crippen MR) is 83.7 cm³/mol. The first-order valence-corrected chi connectivity index (χ1v) is 9.34. The maximum Gasteiger partial charge on any atom is 0.349 e. The van der Waals surface area contributed by atoms with Gasteiger partial charge in [0.25, 0.3) is 0 Å². The van der Waals surface area contributed by atoms with Gasteiger partial charge in [0.05, 0.1) is 19.3 Å². The molecule has 2 heterocycles.